The van der Waals surface area contributed by atoms with E-state index < -0.39 is 11.9 Å². The number of hydrogen-bond donors (Lipinski definition) is 2. The maximum Gasteiger partial charge on any atom is 0.328 e. The number of nitrogens with zero attached hydrogens (tertiary/aromatic N) is 2. The van der Waals surface area contributed by atoms with Gasteiger partial charge in [-0.25, -0.2) is 9.59 Å². The van der Waals surface area contributed by atoms with Gasteiger partial charge in [-0.1, -0.05) is 30.3 Å². The van der Waals surface area contributed by atoms with Gasteiger partial charge in [-0.2, -0.15) is 0 Å². The van der Waals surface area contributed by atoms with E-state index in [0.29, 0.717) is 12.2 Å². The predicted octanol–water partition coefficient (Wildman–Crippen LogP) is 2.30. The molecule has 2 aromatic carbocycles. The van der Waals surface area contributed by atoms with E-state index in [9.17, 15) is 9.59 Å². The van der Waals surface area contributed by atoms with Crippen molar-refractivity contribution >= 4 is 28.4 Å². The monoisotopic (exact) mass is 342 g/mol. The standard InChI is InChI=1S/C15H18N2.C4H4O4/c1-16-8-10-17(11-9-16)15-7-6-13-4-2-3-5-14(13)12-15;5-3(6)1-2-4(7)8/h2-7,12H,8-11H2,1H3;1-2H,(H,5,6)(H,7,8)/b;2-1+. The molecule has 0 saturated carbocycles. The number of carboxylic acids is 2. The fourth-order valence-corrected chi connectivity index (χ4v) is 2.58. The van der Waals surface area contributed by atoms with Crippen LogP contribution in [0.15, 0.2) is 54.6 Å². The molecule has 0 aromatic heterocycles. The molecule has 1 aliphatic heterocycles. The van der Waals surface area contributed by atoms with E-state index in [1.807, 2.05) is 0 Å². The van der Waals surface area contributed by atoms with Gasteiger partial charge in [0.15, 0.2) is 0 Å². The van der Waals surface area contributed by atoms with Crippen LogP contribution in [0.5, 0.6) is 0 Å². The fraction of sp³-hybridized carbons (Fsp3) is 0.263. The Labute approximate surface area is 146 Å². The molecule has 0 radical (unpaired) electrons. The number of fused-ring (bicyclic) bond motifs is 1. The van der Waals surface area contributed by atoms with Crippen LogP contribution >= 0.6 is 0 Å². The molecule has 0 spiro atoms. The van der Waals surface area contributed by atoms with Gasteiger partial charge in [0.2, 0.25) is 0 Å². The van der Waals surface area contributed by atoms with Gasteiger partial charge in [0, 0.05) is 44.0 Å². The summed E-state index contributed by atoms with van der Waals surface area (Å²) in [5.74, 6) is -2.51. The van der Waals surface area contributed by atoms with Gasteiger partial charge in [-0.05, 0) is 30.0 Å². The van der Waals surface area contributed by atoms with Gasteiger partial charge in [0.05, 0.1) is 0 Å². The van der Waals surface area contributed by atoms with E-state index in [1.54, 1.807) is 0 Å². The number of likely N-dealkylation sites (N-methyl/N-ethyl adjacent to an activating group) is 1. The van der Waals surface area contributed by atoms with Crippen molar-refractivity contribution in [1.82, 2.24) is 4.90 Å². The summed E-state index contributed by atoms with van der Waals surface area (Å²) < 4.78 is 0. The lowest BCUT2D eigenvalue weighted by atomic mass is 10.1. The van der Waals surface area contributed by atoms with Crippen LogP contribution in [0, 0.1) is 0 Å². The first-order chi connectivity index (χ1) is 12.0. The highest BCUT2D eigenvalue weighted by molar-refractivity contribution is 5.89. The largest absolute Gasteiger partial charge is 0.478 e. The highest BCUT2D eigenvalue weighted by atomic mass is 16.4. The zero-order valence-electron chi connectivity index (χ0n) is 14.1. The Balaban J connectivity index is 0.000000242. The Bertz CT molecular complexity index is 749. The van der Waals surface area contributed by atoms with Crippen molar-refractivity contribution in [1.29, 1.82) is 0 Å². The fourth-order valence-electron chi connectivity index (χ4n) is 2.58. The van der Waals surface area contributed by atoms with E-state index in [2.05, 4.69) is 59.3 Å². The molecule has 3 rings (SSSR count). The molecule has 0 amide bonds. The van der Waals surface area contributed by atoms with Crippen LogP contribution < -0.4 is 4.90 Å². The minimum absolute atomic E-state index is 0.558. The summed E-state index contributed by atoms with van der Waals surface area (Å²) in [6.45, 7) is 4.59. The lowest BCUT2D eigenvalue weighted by molar-refractivity contribution is -0.134. The molecule has 0 unspecified atom stereocenters. The second-order valence-corrected chi connectivity index (χ2v) is 5.83. The molecule has 2 aromatic rings. The Kier molecular flexibility index (Phi) is 6.54. The normalized spacial score (nSPS) is 15.0. The van der Waals surface area contributed by atoms with Crippen molar-refractivity contribution in [3.63, 3.8) is 0 Å². The second-order valence-electron chi connectivity index (χ2n) is 5.83. The van der Waals surface area contributed by atoms with E-state index >= 15 is 0 Å². The van der Waals surface area contributed by atoms with Gasteiger partial charge in [0.1, 0.15) is 0 Å². The zero-order valence-corrected chi connectivity index (χ0v) is 14.1. The maximum absolute atomic E-state index is 9.55. The molecule has 1 fully saturated rings. The number of carboxylic acid groups (broad SMARTS) is 2. The smallest absolute Gasteiger partial charge is 0.328 e. The quantitative estimate of drug-likeness (QED) is 0.833. The molecule has 1 aliphatic rings. The molecule has 2 N–H and O–H groups in total. The van der Waals surface area contributed by atoms with Gasteiger partial charge in [-0.15, -0.1) is 0 Å². The molecule has 1 saturated heterocycles. The number of aliphatic carboxylic acids is 2. The molecule has 132 valence electrons. The van der Waals surface area contributed by atoms with Crippen LogP contribution in [0.25, 0.3) is 10.8 Å². The average molecular weight is 342 g/mol. The van der Waals surface area contributed by atoms with Crippen molar-refractivity contribution in [3.8, 4) is 0 Å². The number of rotatable bonds is 3. The van der Waals surface area contributed by atoms with Gasteiger partial charge in [-0.3, -0.25) is 0 Å². The lowest BCUT2D eigenvalue weighted by Crippen LogP contribution is -2.44. The summed E-state index contributed by atoms with van der Waals surface area (Å²) in [4.78, 5) is 24.0. The number of benzene rings is 2. The lowest BCUT2D eigenvalue weighted by Gasteiger charge is -2.34. The van der Waals surface area contributed by atoms with Gasteiger partial charge < -0.3 is 20.0 Å². The van der Waals surface area contributed by atoms with E-state index in [-0.39, 0.29) is 0 Å². The molecule has 0 aliphatic carbocycles. The SMILES string of the molecule is CN1CCN(c2ccc3ccccc3c2)CC1.O=C(O)/C=C/C(=O)O. The third-order valence-corrected chi connectivity index (χ3v) is 3.97. The average Bonchev–Trinajstić information content (AvgIpc) is 2.61. The Morgan fingerprint density at radius 1 is 0.880 bits per heavy atom. The van der Waals surface area contributed by atoms with E-state index in [4.69, 9.17) is 10.2 Å². The van der Waals surface area contributed by atoms with Crippen LogP contribution in [-0.2, 0) is 9.59 Å². The molecule has 1 heterocycles. The number of piperazine rings is 1. The Hall–Kier alpha value is -2.86. The van der Waals surface area contributed by atoms with Crippen molar-refractivity contribution in [2.45, 2.75) is 0 Å². The van der Waals surface area contributed by atoms with Gasteiger partial charge in [0.25, 0.3) is 0 Å². The van der Waals surface area contributed by atoms with Crippen LogP contribution in [0.1, 0.15) is 0 Å². The molecular formula is C19H22N2O4. The first-order valence-electron chi connectivity index (χ1n) is 8.02. The number of carbonyl (C=O) groups is 2. The highest BCUT2D eigenvalue weighted by Crippen LogP contribution is 2.22. The Morgan fingerprint density at radius 3 is 2.00 bits per heavy atom. The maximum atomic E-state index is 9.55. The number of anilines is 1. The topological polar surface area (TPSA) is 81.1 Å². The van der Waals surface area contributed by atoms with Crippen LogP contribution in [0.4, 0.5) is 5.69 Å². The third kappa shape index (κ3) is 5.93. The molecule has 25 heavy (non-hydrogen) atoms. The molecule has 6 heteroatoms. The summed E-state index contributed by atoms with van der Waals surface area (Å²) in [6.07, 6.45) is 1.12. The summed E-state index contributed by atoms with van der Waals surface area (Å²) in [6, 6.07) is 15.3. The molecule has 0 bridgehead atoms. The molecule has 6 nitrogen and oxygen atoms in total. The Morgan fingerprint density at radius 2 is 1.44 bits per heavy atom. The first-order valence-corrected chi connectivity index (χ1v) is 8.02. The van der Waals surface area contributed by atoms with Crippen LogP contribution in [0.3, 0.4) is 0 Å². The summed E-state index contributed by atoms with van der Waals surface area (Å²) in [5, 5.41) is 18.3. The molecular weight excluding hydrogens is 320 g/mol. The van der Waals surface area contributed by atoms with Crippen LogP contribution in [0.2, 0.25) is 0 Å². The zero-order chi connectivity index (χ0) is 18.2. The summed E-state index contributed by atoms with van der Waals surface area (Å²) in [7, 11) is 2.19. The number of hydrogen-bond acceptors (Lipinski definition) is 4. The second kappa shape index (κ2) is 8.84. The van der Waals surface area contributed by atoms with E-state index in [0.717, 1.165) is 26.2 Å². The summed E-state index contributed by atoms with van der Waals surface area (Å²) in [5.41, 5.74) is 1.36. The van der Waals surface area contributed by atoms with Crippen molar-refractivity contribution in [3.05, 3.63) is 54.6 Å². The van der Waals surface area contributed by atoms with Crippen LogP contribution in [-0.4, -0.2) is 60.3 Å². The first kappa shape index (κ1) is 18.5. The minimum Gasteiger partial charge on any atom is -0.478 e. The van der Waals surface area contributed by atoms with E-state index in [1.165, 1.54) is 16.5 Å². The highest BCUT2D eigenvalue weighted by Gasteiger charge is 2.14. The van der Waals surface area contributed by atoms with Crippen molar-refractivity contribution in [2.24, 2.45) is 0 Å². The summed E-state index contributed by atoms with van der Waals surface area (Å²) >= 11 is 0. The minimum atomic E-state index is -1.26. The predicted molar refractivity (Wildman–Crippen MR) is 98.1 cm³/mol. The van der Waals surface area contributed by atoms with Crippen molar-refractivity contribution < 1.29 is 19.8 Å². The van der Waals surface area contributed by atoms with Crippen molar-refractivity contribution in [2.75, 3.05) is 38.1 Å². The third-order valence-electron chi connectivity index (χ3n) is 3.97. The van der Waals surface area contributed by atoms with Gasteiger partial charge >= 0.3 is 11.9 Å². The molecule has 0 atom stereocenters.